The van der Waals surface area contributed by atoms with Gasteiger partial charge in [-0.3, -0.25) is 0 Å². The summed E-state index contributed by atoms with van der Waals surface area (Å²) in [6.07, 6.45) is 3.88. The number of hydrogen-bond acceptors (Lipinski definition) is 3. The van der Waals surface area contributed by atoms with Gasteiger partial charge in [0.2, 0.25) is 0 Å². The monoisotopic (exact) mass is 256 g/mol. The summed E-state index contributed by atoms with van der Waals surface area (Å²) >= 11 is 5.71. The molecule has 0 fully saturated rings. The molecule has 1 aromatic heterocycles. The van der Waals surface area contributed by atoms with Gasteiger partial charge in [-0.2, -0.15) is 0 Å². The van der Waals surface area contributed by atoms with Crippen molar-refractivity contribution in [1.29, 1.82) is 0 Å². The number of pyridine rings is 1. The highest BCUT2D eigenvalue weighted by Crippen LogP contribution is 2.23. The minimum Gasteiger partial charge on any atom is -0.495 e. The molecule has 0 saturated heterocycles. The molecule has 17 heavy (non-hydrogen) atoms. The average Bonchev–Trinajstić information content (AvgIpc) is 2.35. The molecule has 0 saturated carbocycles. The van der Waals surface area contributed by atoms with E-state index in [2.05, 4.69) is 24.1 Å². The van der Waals surface area contributed by atoms with Crippen LogP contribution in [0.1, 0.15) is 26.7 Å². The molecule has 1 rings (SSSR count). The normalized spacial score (nSPS) is 11.3. The molecule has 0 aliphatic rings. The molecular weight excluding hydrogens is 236 g/mol. The predicted molar refractivity (Wildman–Crippen MR) is 73.0 cm³/mol. The molecule has 0 aromatic carbocycles. The van der Waals surface area contributed by atoms with E-state index >= 15 is 0 Å². The van der Waals surface area contributed by atoms with E-state index in [-0.39, 0.29) is 5.41 Å². The van der Waals surface area contributed by atoms with Crippen LogP contribution >= 0.6 is 11.6 Å². The number of nitrogens with one attached hydrogen (secondary N) is 1. The molecule has 1 N–H and O–H groups in total. The van der Waals surface area contributed by atoms with Crippen molar-refractivity contribution >= 4 is 17.4 Å². The molecule has 0 amide bonds. The quantitative estimate of drug-likeness (QED) is 0.758. The maximum Gasteiger partial charge on any atom is 0.137 e. The van der Waals surface area contributed by atoms with Crippen molar-refractivity contribution in [2.24, 2.45) is 5.41 Å². The highest BCUT2D eigenvalue weighted by molar-refractivity contribution is 6.17. The first-order chi connectivity index (χ1) is 8.07. The van der Waals surface area contributed by atoms with Crippen LogP contribution in [0.25, 0.3) is 0 Å². The van der Waals surface area contributed by atoms with Gasteiger partial charge in [0.05, 0.1) is 13.3 Å². The summed E-state index contributed by atoms with van der Waals surface area (Å²) in [4.78, 5) is 4.27. The maximum atomic E-state index is 5.71. The van der Waals surface area contributed by atoms with Crippen molar-refractivity contribution in [3.05, 3.63) is 18.3 Å². The van der Waals surface area contributed by atoms with Crippen molar-refractivity contribution in [1.82, 2.24) is 4.98 Å². The first kappa shape index (κ1) is 14.1. The smallest absolute Gasteiger partial charge is 0.137 e. The Morgan fingerprint density at radius 3 is 2.71 bits per heavy atom. The third-order valence-electron chi connectivity index (χ3n) is 2.71. The van der Waals surface area contributed by atoms with Gasteiger partial charge < -0.3 is 10.1 Å². The van der Waals surface area contributed by atoms with E-state index in [4.69, 9.17) is 16.3 Å². The summed E-state index contributed by atoms with van der Waals surface area (Å²) in [5.74, 6) is 2.38. The van der Waals surface area contributed by atoms with Crippen molar-refractivity contribution in [3.63, 3.8) is 0 Å². The van der Waals surface area contributed by atoms with Crippen molar-refractivity contribution < 1.29 is 4.74 Å². The second-order valence-electron chi connectivity index (χ2n) is 4.89. The highest BCUT2D eigenvalue weighted by atomic mass is 35.5. The highest BCUT2D eigenvalue weighted by Gasteiger charge is 2.16. The van der Waals surface area contributed by atoms with Crippen molar-refractivity contribution in [2.45, 2.75) is 26.7 Å². The van der Waals surface area contributed by atoms with Gasteiger partial charge in [0.25, 0.3) is 0 Å². The number of halogens is 1. The fourth-order valence-electron chi connectivity index (χ4n) is 1.57. The maximum absolute atomic E-state index is 5.71. The molecule has 0 atom stereocenters. The minimum atomic E-state index is 0.233. The predicted octanol–water partition coefficient (Wildman–Crippen LogP) is 3.55. The van der Waals surface area contributed by atoms with Crippen LogP contribution in [0.2, 0.25) is 0 Å². The molecule has 0 bridgehead atoms. The van der Waals surface area contributed by atoms with Crippen LogP contribution in [-0.4, -0.2) is 24.5 Å². The molecular formula is C13H21ClN2O. The van der Waals surface area contributed by atoms with Crippen LogP contribution in [0.3, 0.4) is 0 Å². The van der Waals surface area contributed by atoms with Crippen molar-refractivity contribution in [2.75, 3.05) is 24.9 Å². The third kappa shape index (κ3) is 5.26. The largest absolute Gasteiger partial charge is 0.495 e. The standard InChI is InChI=1S/C13H21ClN2O/c1-13(2,7-4-8-14)10-16-12-6-5-11(17-3)9-15-12/h5-6,9H,4,7-8,10H2,1-3H3,(H,15,16). The minimum absolute atomic E-state index is 0.233. The van der Waals surface area contributed by atoms with Gasteiger partial charge in [-0.1, -0.05) is 13.8 Å². The Labute approximate surface area is 109 Å². The summed E-state index contributed by atoms with van der Waals surface area (Å²) < 4.78 is 5.06. The van der Waals surface area contributed by atoms with Gasteiger partial charge in [-0.05, 0) is 30.4 Å². The van der Waals surface area contributed by atoms with E-state index in [0.717, 1.165) is 36.8 Å². The zero-order valence-electron chi connectivity index (χ0n) is 10.8. The topological polar surface area (TPSA) is 34.1 Å². The fourth-order valence-corrected chi connectivity index (χ4v) is 1.70. The van der Waals surface area contributed by atoms with Crippen LogP contribution < -0.4 is 10.1 Å². The van der Waals surface area contributed by atoms with E-state index in [1.165, 1.54) is 0 Å². The number of hydrogen-bond donors (Lipinski definition) is 1. The van der Waals surface area contributed by atoms with E-state index in [1.54, 1.807) is 13.3 Å². The molecule has 0 spiro atoms. The van der Waals surface area contributed by atoms with Gasteiger partial charge in [-0.15, -0.1) is 11.6 Å². The summed E-state index contributed by atoms with van der Waals surface area (Å²) in [5, 5.41) is 3.34. The summed E-state index contributed by atoms with van der Waals surface area (Å²) in [6, 6.07) is 3.83. The fraction of sp³-hybridized carbons (Fsp3) is 0.615. The zero-order chi connectivity index (χ0) is 12.7. The Kier molecular flexibility index (Phi) is 5.56. The first-order valence-electron chi connectivity index (χ1n) is 5.87. The Hall–Kier alpha value is -0.960. The van der Waals surface area contributed by atoms with Gasteiger partial charge in [-0.25, -0.2) is 4.98 Å². The van der Waals surface area contributed by atoms with Crippen LogP contribution in [-0.2, 0) is 0 Å². The lowest BCUT2D eigenvalue weighted by Gasteiger charge is -2.24. The van der Waals surface area contributed by atoms with E-state index in [9.17, 15) is 0 Å². The van der Waals surface area contributed by atoms with E-state index in [0.29, 0.717) is 0 Å². The number of anilines is 1. The lowest BCUT2D eigenvalue weighted by molar-refractivity contribution is 0.355. The molecule has 0 aliphatic heterocycles. The molecule has 1 heterocycles. The summed E-state index contributed by atoms with van der Waals surface area (Å²) in [5.41, 5.74) is 0.233. The van der Waals surface area contributed by atoms with Crippen LogP contribution in [0.5, 0.6) is 5.75 Å². The number of alkyl halides is 1. The van der Waals surface area contributed by atoms with Crippen LogP contribution in [0, 0.1) is 5.41 Å². The van der Waals surface area contributed by atoms with Gasteiger partial charge in [0.1, 0.15) is 11.6 Å². The zero-order valence-corrected chi connectivity index (χ0v) is 11.5. The van der Waals surface area contributed by atoms with Crippen molar-refractivity contribution in [3.8, 4) is 5.75 Å². The third-order valence-corrected chi connectivity index (χ3v) is 2.97. The van der Waals surface area contributed by atoms with Crippen LogP contribution in [0.15, 0.2) is 18.3 Å². The van der Waals surface area contributed by atoms with Gasteiger partial charge >= 0.3 is 0 Å². The lowest BCUT2D eigenvalue weighted by Crippen LogP contribution is -2.23. The van der Waals surface area contributed by atoms with Crippen LogP contribution in [0.4, 0.5) is 5.82 Å². The Bertz CT molecular complexity index is 325. The molecule has 0 unspecified atom stereocenters. The molecule has 0 radical (unpaired) electrons. The van der Waals surface area contributed by atoms with Gasteiger partial charge in [0.15, 0.2) is 0 Å². The number of aromatic nitrogens is 1. The Balaban J connectivity index is 2.43. The number of ether oxygens (including phenoxy) is 1. The first-order valence-corrected chi connectivity index (χ1v) is 6.41. The summed E-state index contributed by atoms with van der Waals surface area (Å²) in [7, 11) is 1.64. The summed E-state index contributed by atoms with van der Waals surface area (Å²) in [6.45, 7) is 5.36. The second-order valence-corrected chi connectivity index (χ2v) is 5.27. The number of rotatable bonds is 7. The molecule has 96 valence electrons. The molecule has 0 aliphatic carbocycles. The second kappa shape index (κ2) is 6.70. The average molecular weight is 257 g/mol. The molecule has 1 aromatic rings. The molecule has 3 nitrogen and oxygen atoms in total. The van der Waals surface area contributed by atoms with E-state index in [1.807, 2.05) is 12.1 Å². The number of methoxy groups -OCH3 is 1. The Morgan fingerprint density at radius 2 is 2.18 bits per heavy atom. The van der Waals surface area contributed by atoms with Gasteiger partial charge in [0, 0.05) is 12.4 Å². The Morgan fingerprint density at radius 1 is 1.41 bits per heavy atom. The SMILES string of the molecule is COc1ccc(NCC(C)(C)CCCCl)nc1. The lowest BCUT2D eigenvalue weighted by atomic mass is 9.88. The number of nitrogens with zero attached hydrogens (tertiary/aromatic N) is 1. The van der Waals surface area contributed by atoms with E-state index < -0.39 is 0 Å². The molecule has 4 heteroatoms.